The van der Waals surface area contributed by atoms with Crippen molar-refractivity contribution in [3.63, 3.8) is 0 Å². The largest absolute Gasteiger partial charge is 0.270 e. The van der Waals surface area contributed by atoms with Crippen LogP contribution in [0.25, 0.3) is 6.08 Å². The van der Waals surface area contributed by atoms with Gasteiger partial charge in [0, 0.05) is 12.4 Å². The first-order valence-electron chi connectivity index (χ1n) is 6.82. The van der Waals surface area contributed by atoms with Crippen molar-refractivity contribution in [1.29, 1.82) is 0 Å². The van der Waals surface area contributed by atoms with Gasteiger partial charge in [-0.25, -0.2) is 0 Å². The van der Waals surface area contributed by atoms with Crippen LogP contribution in [0.15, 0.2) is 47.6 Å². The molecule has 5 heteroatoms. The third-order valence-electron chi connectivity index (χ3n) is 3.61. The summed E-state index contributed by atoms with van der Waals surface area (Å²) in [5.41, 5.74) is 4.02. The van der Waals surface area contributed by atoms with Gasteiger partial charge in [-0.3, -0.25) is 14.7 Å². The molecule has 0 spiro atoms. The molecule has 2 aromatic rings. The van der Waals surface area contributed by atoms with E-state index in [0.717, 1.165) is 22.4 Å². The third kappa shape index (κ3) is 2.69. The van der Waals surface area contributed by atoms with Gasteiger partial charge >= 0.3 is 0 Å². The highest BCUT2D eigenvalue weighted by molar-refractivity contribution is 8.27. The number of hydrogen-bond donors (Lipinski definition) is 0. The van der Waals surface area contributed by atoms with E-state index in [0.29, 0.717) is 9.23 Å². The molecule has 0 radical (unpaired) electrons. The van der Waals surface area contributed by atoms with Crippen LogP contribution < -0.4 is 4.90 Å². The van der Waals surface area contributed by atoms with Crippen molar-refractivity contribution in [3.8, 4) is 0 Å². The first-order chi connectivity index (χ1) is 10.6. The van der Waals surface area contributed by atoms with Crippen LogP contribution in [0.2, 0.25) is 0 Å². The minimum Gasteiger partial charge on any atom is -0.268 e. The van der Waals surface area contributed by atoms with Gasteiger partial charge in [-0.05, 0) is 54.8 Å². The average Bonchev–Trinajstić information content (AvgIpc) is 2.78. The van der Waals surface area contributed by atoms with E-state index in [-0.39, 0.29) is 5.91 Å². The second-order valence-corrected chi connectivity index (χ2v) is 6.69. The lowest BCUT2D eigenvalue weighted by Crippen LogP contribution is -2.28. The van der Waals surface area contributed by atoms with E-state index in [4.69, 9.17) is 12.2 Å². The number of rotatable bonds is 2. The van der Waals surface area contributed by atoms with Gasteiger partial charge in [0.25, 0.3) is 5.91 Å². The lowest BCUT2D eigenvalue weighted by Gasteiger charge is -2.18. The summed E-state index contributed by atoms with van der Waals surface area (Å²) in [4.78, 5) is 19.0. The number of aromatic nitrogens is 1. The number of nitrogens with zero attached hydrogens (tertiary/aromatic N) is 2. The molecule has 0 N–H and O–H groups in total. The van der Waals surface area contributed by atoms with Crippen LogP contribution in [0, 0.1) is 13.8 Å². The summed E-state index contributed by atoms with van der Waals surface area (Å²) in [5.74, 6) is -0.0690. The molecule has 0 aliphatic carbocycles. The predicted molar refractivity (Wildman–Crippen MR) is 95.8 cm³/mol. The van der Waals surface area contributed by atoms with Crippen molar-refractivity contribution in [2.24, 2.45) is 0 Å². The molecule has 0 unspecified atom stereocenters. The lowest BCUT2D eigenvalue weighted by atomic mass is 10.1. The summed E-state index contributed by atoms with van der Waals surface area (Å²) < 4.78 is 0.569. The minimum absolute atomic E-state index is 0.0690. The Kier molecular flexibility index (Phi) is 4.09. The van der Waals surface area contributed by atoms with Gasteiger partial charge in [-0.1, -0.05) is 36.1 Å². The Hall–Kier alpha value is -1.98. The molecular weight excluding hydrogens is 312 g/mol. The number of hydrogen-bond acceptors (Lipinski definition) is 4. The highest BCUT2D eigenvalue weighted by Crippen LogP contribution is 2.37. The summed E-state index contributed by atoms with van der Waals surface area (Å²) >= 11 is 6.75. The normalized spacial score (nSPS) is 16.6. The molecule has 0 bridgehead atoms. The zero-order valence-electron chi connectivity index (χ0n) is 12.2. The van der Waals surface area contributed by atoms with Gasteiger partial charge in [0.1, 0.15) is 0 Å². The third-order valence-corrected chi connectivity index (χ3v) is 4.92. The number of amides is 1. The number of anilines is 1. The van der Waals surface area contributed by atoms with Gasteiger partial charge in [-0.15, -0.1) is 0 Å². The van der Waals surface area contributed by atoms with E-state index < -0.39 is 0 Å². The molecule has 110 valence electrons. The van der Waals surface area contributed by atoms with E-state index in [1.165, 1.54) is 11.8 Å². The van der Waals surface area contributed by atoms with Gasteiger partial charge in [0.15, 0.2) is 4.32 Å². The maximum absolute atomic E-state index is 12.7. The van der Waals surface area contributed by atoms with Gasteiger partial charge in [-0.2, -0.15) is 0 Å². The van der Waals surface area contributed by atoms with Crippen LogP contribution in [-0.2, 0) is 4.79 Å². The van der Waals surface area contributed by atoms with Gasteiger partial charge in [0.05, 0.1) is 10.6 Å². The predicted octanol–water partition coefficient (Wildman–Crippen LogP) is 4.10. The van der Waals surface area contributed by atoms with E-state index in [1.807, 2.05) is 50.3 Å². The van der Waals surface area contributed by atoms with Gasteiger partial charge < -0.3 is 0 Å². The van der Waals surface area contributed by atoms with Crippen LogP contribution in [0.3, 0.4) is 0 Å². The standard InChI is InChI=1S/C17H14N2OS2/c1-11-4-3-5-14(12(11)2)19-16(20)15(22-17(19)21)10-13-6-8-18-9-7-13/h3-10H,1-2H3. The number of carbonyl (C=O) groups excluding carboxylic acids is 1. The summed E-state index contributed by atoms with van der Waals surface area (Å²) in [5, 5.41) is 0. The van der Waals surface area contributed by atoms with Crippen molar-refractivity contribution >= 4 is 46.0 Å². The highest BCUT2D eigenvalue weighted by atomic mass is 32.2. The summed E-state index contributed by atoms with van der Waals surface area (Å²) in [6.07, 6.45) is 5.26. The van der Waals surface area contributed by atoms with E-state index >= 15 is 0 Å². The topological polar surface area (TPSA) is 33.2 Å². The van der Waals surface area contributed by atoms with Crippen molar-refractivity contribution in [2.45, 2.75) is 13.8 Å². The smallest absolute Gasteiger partial charge is 0.268 e. The Bertz CT molecular complexity index is 785. The Balaban J connectivity index is 1.99. The molecule has 0 atom stereocenters. The van der Waals surface area contributed by atoms with Gasteiger partial charge in [0.2, 0.25) is 0 Å². The summed E-state index contributed by atoms with van der Waals surface area (Å²) in [6, 6.07) is 9.64. The maximum atomic E-state index is 12.7. The molecule has 0 saturated carbocycles. The molecule has 22 heavy (non-hydrogen) atoms. The van der Waals surface area contributed by atoms with Crippen molar-refractivity contribution in [1.82, 2.24) is 4.98 Å². The molecule has 1 aliphatic heterocycles. The second kappa shape index (κ2) is 6.02. The molecule has 1 saturated heterocycles. The van der Waals surface area contributed by atoms with Crippen LogP contribution in [0.4, 0.5) is 5.69 Å². The van der Waals surface area contributed by atoms with Crippen LogP contribution >= 0.6 is 24.0 Å². The maximum Gasteiger partial charge on any atom is 0.270 e. The highest BCUT2D eigenvalue weighted by Gasteiger charge is 2.34. The fourth-order valence-corrected chi connectivity index (χ4v) is 3.55. The molecule has 1 aromatic carbocycles. The summed E-state index contributed by atoms with van der Waals surface area (Å²) in [7, 11) is 0. The molecule has 1 fully saturated rings. The molecular formula is C17H14N2OS2. The SMILES string of the molecule is Cc1cccc(N2C(=O)C(=Cc3ccncc3)SC2=S)c1C. The van der Waals surface area contributed by atoms with E-state index in [1.54, 1.807) is 17.3 Å². The van der Waals surface area contributed by atoms with Crippen molar-refractivity contribution in [3.05, 3.63) is 64.3 Å². The Morgan fingerprint density at radius 2 is 1.91 bits per heavy atom. The monoisotopic (exact) mass is 326 g/mol. The lowest BCUT2D eigenvalue weighted by molar-refractivity contribution is -0.113. The Labute approximate surface area is 139 Å². The van der Waals surface area contributed by atoms with Crippen LogP contribution in [0.1, 0.15) is 16.7 Å². The van der Waals surface area contributed by atoms with Crippen molar-refractivity contribution < 1.29 is 4.79 Å². The molecule has 1 amide bonds. The molecule has 2 heterocycles. The number of pyridine rings is 1. The van der Waals surface area contributed by atoms with E-state index in [2.05, 4.69) is 4.98 Å². The van der Waals surface area contributed by atoms with Crippen LogP contribution in [-0.4, -0.2) is 15.2 Å². The fourth-order valence-electron chi connectivity index (χ4n) is 2.26. The number of aryl methyl sites for hydroxylation is 1. The zero-order chi connectivity index (χ0) is 15.7. The number of thioether (sulfide) groups is 1. The first-order valence-corrected chi connectivity index (χ1v) is 8.04. The number of carbonyl (C=O) groups is 1. The number of benzene rings is 1. The van der Waals surface area contributed by atoms with Crippen LogP contribution in [0.5, 0.6) is 0 Å². The molecule has 3 nitrogen and oxygen atoms in total. The van der Waals surface area contributed by atoms with E-state index in [9.17, 15) is 4.79 Å². The summed E-state index contributed by atoms with van der Waals surface area (Å²) in [6.45, 7) is 4.04. The number of thiocarbonyl (C=S) groups is 1. The van der Waals surface area contributed by atoms with Crippen molar-refractivity contribution in [2.75, 3.05) is 4.90 Å². The Morgan fingerprint density at radius 1 is 1.18 bits per heavy atom. The first kappa shape index (κ1) is 14.9. The molecule has 1 aromatic heterocycles. The quantitative estimate of drug-likeness (QED) is 0.614. The fraction of sp³-hybridized carbons (Fsp3) is 0.118. The zero-order valence-corrected chi connectivity index (χ0v) is 13.9. The Morgan fingerprint density at radius 3 is 2.64 bits per heavy atom. The molecule has 3 rings (SSSR count). The second-order valence-electron chi connectivity index (χ2n) is 5.02. The average molecular weight is 326 g/mol. The molecule has 1 aliphatic rings. The minimum atomic E-state index is -0.0690.